The highest BCUT2D eigenvalue weighted by Crippen LogP contribution is 2.30. The number of aromatic nitrogens is 2. The van der Waals surface area contributed by atoms with Gasteiger partial charge in [-0.1, -0.05) is 23.2 Å². The first-order valence-electron chi connectivity index (χ1n) is 5.34. The summed E-state index contributed by atoms with van der Waals surface area (Å²) in [6, 6.07) is 10.8. The number of fused-ring (bicyclic) bond motifs is 1. The van der Waals surface area contributed by atoms with Crippen molar-refractivity contribution in [1.29, 1.82) is 0 Å². The first-order chi connectivity index (χ1) is 8.63. The Bertz CT molecular complexity index is 734. The minimum Gasteiger partial charge on any atom is -0.399 e. The van der Waals surface area contributed by atoms with Gasteiger partial charge in [0.2, 0.25) is 0 Å². The van der Waals surface area contributed by atoms with Crippen molar-refractivity contribution in [3.63, 3.8) is 0 Å². The fourth-order valence-corrected chi connectivity index (χ4v) is 2.33. The number of nitrogens with zero attached hydrogens (tertiary/aromatic N) is 1. The molecule has 0 saturated carbocycles. The van der Waals surface area contributed by atoms with E-state index in [1.807, 2.05) is 24.3 Å². The molecule has 2 aromatic carbocycles. The van der Waals surface area contributed by atoms with Crippen molar-refractivity contribution < 1.29 is 0 Å². The fourth-order valence-electron chi connectivity index (χ4n) is 1.84. The van der Waals surface area contributed by atoms with Crippen LogP contribution in [0.1, 0.15) is 0 Å². The van der Waals surface area contributed by atoms with E-state index in [-0.39, 0.29) is 0 Å². The van der Waals surface area contributed by atoms with Crippen molar-refractivity contribution >= 4 is 39.9 Å². The Balaban J connectivity index is 2.19. The average Bonchev–Trinajstić information content (AvgIpc) is 2.71. The lowest BCUT2D eigenvalue weighted by Gasteiger charge is -2.00. The minimum atomic E-state index is 0.564. The van der Waals surface area contributed by atoms with Crippen molar-refractivity contribution in [3.8, 4) is 11.4 Å². The van der Waals surface area contributed by atoms with Crippen LogP contribution in [-0.4, -0.2) is 9.97 Å². The summed E-state index contributed by atoms with van der Waals surface area (Å²) in [5.41, 5.74) is 8.98. The number of hydrogen-bond donors (Lipinski definition) is 2. The summed E-state index contributed by atoms with van der Waals surface area (Å²) in [5, 5.41) is 1.17. The molecule has 5 heteroatoms. The molecule has 0 spiro atoms. The number of nitrogens with two attached hydrogens (primary N) is 1. The summed E-state index contributed by atoms with van der Waals surface area (Å²) in [6.45, 7) is 0. The number of nitrogens with one attached hydrogen (secondary N) is 1. The molecule has 0 fully saturated rings. The zero-order valence-corrected chi connectivity index (χ0v) is 10.8. The van der Waals surface area contributed by atoms with Crippen LogP contribution in [0.3, 0.4) is 0 Å². The molecule has 90 valence electrons. The summed E-state index contributed by atoms with van der Waals surface area (Å²) in [4.78, 5) is 7.67. The molecule has 3 N–H and O–H groups in total. The predicted octanol–water partition coefficient (Wildman–Crippen LogP) is 4.12. The van der Waals surface area contributed by atoms with Gasteiger partial charge in [-0.15, -0.1) is 0 Å². The second-order valence-corrected chi connectivity index (χ2v) is 4.83. The lowest BCUT2D eigenvalue weighted by Crippen LogP contribution is -1.82. The zero-order chi connectivity index (χ0) is 12.7. The van der Waals surface area contributed by atoms with Crippen LogP contribution in [0.5, 0.6) is 0 Å². The summed E-state index contributed by atoms with van der Waals surface area (Å²) in [6.07, 6.45) is 0. The van der Waals surface area contributed by atoms with Crippen molar-refractivity contribution in [2.45, 2.75) is 0 Å². The number of benzene rings is 2. The maximum absolute atomic E-state index is 6.15. The maximum Gasteiger partial charge on any atom is 0.140 e. The number of hydrogen-bond acceptors (Lipinski definition) is 2. The third kappa shape index (κ3) is 1.92. The number of halogens is 2. The molecule has 0 radical (unpaired) electrons. The number of H-pyrrole nitrogens is 1. The van der Waals surface area contributed by atoms with Gasteiger partial charge in [0, 0.05) is 16.3 Å². The van der Waals surface area contributed by atoms with Crippen LogP contribution >= 0.6 is 23.2 Å². The van der Waals surface area contributed by atoms with Gasteiger partial charge >= 0.3 is 0 Å². The Hall–Kier alpha value is -1.71. The summed E-state index contributed by atoms with van der Waals surface area (Å²) in [7, 11) is 0. The predicted molar refractivity (Wildman–Crippen MR) is 76.0 cm³/mol. The lowest BCUT2D eigenvalue weighted by atomic mass is 10.2. The van der Waals surface area contributed by atoms with E-state index >= 15 is 0 Å². The Morgan fingerprint density at radius 2 is 1.89 bits per heavy atom. The number of rotatable bonds is 1. The van der Waals surface area contributed by atoms with E-state index in [2.05, 4.69) is 9.97 Å². The standard InChI is InChI=1S/C13H9Cl2N3/c14-7-1-3-9(10(15)5-7)13-17-11-4-2-8(16)6-12(11)18-13/h1-6H,16H2,(H,17,18). The van der Waals surface area contributed by atoms with Crippen LogP contribution in [0.15, 0.2) is 36.4 Å². The molecule has 0 aliphatic heterocycles. The summed E-state index contributed by atoms with van der Waals surface area (Å²) in [5.74, 6) is 0.706. The number of aromatic amines is 1. The van der Waals surface area contributed by atoms with Crippen molar-refractivity contribution in [1.82, 2.24) is 9.97 Å². The van der Waals surface area contributed by atoms with Crippen LogP contribution in [0.25, 0.3) is 22.4 Å². The zero-order valence-electron chi connectivity index (χ0n) is 9.24. The molecule has 0 aliphatic rings. The molecule has 0 aliphatic carbocycles. The largest absolute Gasteiger partial charge is 0.399 e. The molecule has 3 aromatic rings. The Kier molecular flexibility index (Phi) is 2.65. The van der Waals surface area contributed by atoms with Gasteiger partial charge in [0.05, 0.1) is 16.1 Å². The summed E-state index contributed by atoms with van der Waals surface area (Å²) >= 11 is 12.0. The second-order valence-electron chi connectivity index (χ2n) is 3.99. The van der Waals surface area contributed by atoms with Crippen molar-refractivity contribution in [2.24, 2.45) is 0 Å². The van der Waals surface area contributed by atoms with Gasteiger partial charge in [-0.25, -0.2) is 4.98 Å². The van der Waals surface area contributed by atoms with Gasteiger partial charge in [-0.3, -0.25) is 0 Å². The SMILES string of the molecule is Nc1ccc2nc(-c3ccc(Cl)cc3Cl)[nH]c2c1. The van der Waals surface area contributed by atoms with Crippen LogP contribution in [0.2, 0.25) is 10.0 Å². The van der Waals surface area contributed by atoms with E-state index < -0.39 is 0 Å². The fraction of sp³-hybridized carbons (Fsp3) is 0. The van der Waals surface area contributed by atoms with E-state index in [1.165, 1.54) is 0 Å². The average molecular weight is 278 g/mol. The van der Waals surface area contributed by atoms with E-state index in [0.717, 1.165) is 16.6 Å². The van der Waals surface area contributed by atoms with Gasteiger partial charge < -0.3 is 10.7 Å². The highest BCUT2D eigenvalue weighted by molar-refractivity contribution is 6.36. The third-order valence-corrected chi connectivity index (χ3v) is 3.24. The molecule has 0 unspecified atom stereocenters. The molecular formula is C13H9Cl2N3. The third-order valence-electron chi connectivity index (χ3n) is 2.69. The second kappa shape index (κ2) is 4.19. The molecule has 18 heavy (non-hydrogen) atoms. The molecule has 3 nitrogen and oxygen atoms in total. The van der Waals surface area contributed by atoms with Gasteiger partial charge in [-0.05, 0) is 36.4 Å². The normalized spacial score (nSPS) is 11.0. The lowest BCUT2D eigenvalue weighted by molar-refractivity contribution is 1.34. The van der Waals surface area contributed by atoms with Crippen molar-refractivity contribution in [3.05, 3.63) is 46.4 Å². The van der Waals surface area contributed by atoms with E-state index in [1.54, 1.807) is 12.1 Å². The van der Waals surface area contributed by atoms with Crippen molar-refractivity contribution in [2.75, 3.05) is 5.73 Å². The van der Waals surface area contributed by atoms with Gasteiger partial charge in [-0.2, -0.15) is 0 Å². The van der Waals surface area contributed by atoms with Crippen LogP contribution in [0, 0.1) is 0 Å². The number of imidazole rings is 1. The molecule has 3 rings (SSSR count). The monoisotopic (exact) mass is 277 g/mol. The molecule has 1 aromatic heterocycles. The van der Waals surface area contributed by atoms with Gasteiger partial charge in [0.1, 0.15) is 5.82 Å². The number of nitrogen functional groups attached to an aromatic ring is 1. The van der Waals surface area contributed by atoms with E-state index in [9.17, 15) is 0 Å². The Morgan fingerprint density at radius 1 is 1.06 bits per heavy atom. The van der Waals surface area contributed by atoms with E-state index in [0.29, 0.717) is 21.6 Å². The van der Waals surface area contributed by atoms with Crippen LogP contribution in [-0.2, 0) is 0 Å². The first-order valence-corrected chi connectivity index (χ1v) is 6.10. The molecule has 0 saturated heterocycles. The molecule has 0 amide bonds. The Morgan fingerprint density at radius 3 is 2.67 bits per heavy atom. The molecular weight excluding hydrogens is 269 g/mol. The van der Waals surface area contributed by atoms with Crippen LogP contribution < -0.4 is 5.73 Å². The Labute approximate surface area is 114 Å². The van der Waals surface area contributed by atoms with Gasteiger partial charge in [0.25, 0.3) is 0 Å². The maximum atomic E-state index is 6.15. The molecule has 0 bridgehead atoms. The minimum absolute atomic E-state index is 0.564. The topological polar surface area (TPSA) is 54.7 Å². The van der Waals surface area contributed by atoms with Gasteiger partial charge in [0.15, 0.2) is 0 Å². The quantitative estimate of drug-likeness (QED) is 0.658. The van der Waals surface area contributed by atoms with E-state index in [4.69, 9.17) is 28.9 Å². The molecule has 0 atom stereocenters. The highest BCUT2D eigenvalue weighted by atomic mass is 35.5. The smallest absolute Gasteiger partial charge is 0.140 e. The molecule has 1 heterocycles. The highest BCUT2D eigenvalue weighted by Gasteiger charge is 2.09. The first kappa shape index (κ1) is 11.4. The van der Waals surface area contributed by atoms with Crippen LogP contribution in [0.4, 0.5) is 5.69 Å². The number of anilines is 1. The summed E-state index contributed by atoms with van der Waals surface area (Å²) < 4.78 is 0.